The van der Waals surface area contributed by atoms with Gasteiger partial charge in [0.2, 0.25) is 5.91 Å². The molecule has 6 atom stereocenters. The van der Waals surface area contributed by atoms with Crippen molar-refractivity contribution in [3.05, 3.63) is 35.9 Å². The van der Waals surface area contributed by atoms with Crippen LogP contribution in [-0.4, -0.2) is 56.5 Å². The largest absolute Gasteiger partial charge is 0.482 e. The van der Waals surface area contributed by atoms with Crippen LogP contribution in [0.3, 0.4) is 0 Å². The molecule has 2 aliphatic heterocycles. The Morgan fingerprint density at radius 2 is 2.06 bits per heavy atom. The normalized spacial score (nSPS) is 36.9. The molecule has 0 radical (unpaired) electrons. The average Bonchev–Trinajstić information content (AvgIpc) is 3.12. The molecule has 1 aromatic carbocycles. The predicted octanol–water partition coefficient (Wildman–Crippen LogP) is 2.36. The monoisotopic (exact) mass is 426 g/mol. The van der Waals surface area contributed by atoms with Crippen LogP contribution in [-0.2, 0) is 25.3 Å². The smallest absolute Gasteiger partial charge is 0.404 e. The molecule has 2 heterocycles. The lowest BCUT2D eigenvalue weighted by Crippen LogP contribution is -2.65. The van der Waals surface area contributed by atoms with E-state index in [1.165, 1.54) is 12.0 Å². The third kappa shape index (κ3) is 3.95. The van der Waals surface area contributed by atoms with Crippen molar-refractivity contribution in [2.75, 3.05) is 19.7 Å². The first-order valence-electron chi connectivity index (χ1n) is 11.8. The van der Waals surface area contributed by atoms with Crippen molar-refractivity contribution in [3.8, 4) is 0 Å². The number of carbonyl (C=O) groups excluding carboxylic acids is 1. The molecule has 6 nitrogen and oxygen atoms in total. The van der Waals surface area contributed by atoms with E-state index in [9.17, 15) is 4.79 Å². The summed E-state index contributed by atoms with van der Waals surface area (Å²) in [6, 6.07) is 10.3. The molecule has 3 saturated carbocycles. The number of amides is 1. The van der Waals surface area contributed by atoms with E-state index in [0.717, 1.165) is 13.0 Å². The fraction of sp³-hybridized carbons (Fsp3) is 0.708. The van der Waals surface area contributed by atoms with Gasteiger partial charge in [0.05, 0.1) is 36.8 Å². The summed E-state index contributed by atoms with van der Waals surface area (Å²) < 4.78 is 18.9. The fourth-order valence-electron chi connectivity index (χ4n) is 6.38. The Balaban J connectivity index is 1.30. The molecule has 0 aromatic heterocycles. The second kappa shape index (κ2) is 8.18. The van der Waals surface area contributed by atoms with Crippen molar-refractivity contribution >= 4 is 13.0 Å². The highest BCUT2D eigenvalue weighted by atomic mass is 16.7. The molecule has 0 spiro atoms. The van der Waals surface area contributed by atoms with Crippen LogP contribution in [0.25, 0.3) is 0 Å². The molecule has 1 amide bonds. The lowest BCUT2D eigenvalue weighted by molar-refractivity contribution is -0.199. The van der Waals surface area contributed by atoms with E-state index in [2.05, 4.69) is 43.5 Å². The summed E-state index contributed by atoms with van der Waals surface area (Å²) in [5.41, 5.74) is 1.19. The van der Waals surface area contributed by atoms with Crippen LogP contribution in [0.4, 0.5) is 0 Å². The van der Waals surface area contributed by atoms with Crippen molar-refractivity contribution < 1.29 is 18.8 Å². The number of morpholine rings is 1. The number of nitrogens with one attached hydrogen (secondary N) is 2. The minimum atomic E-state index is -0.431. The number of carbonyl (C=O) groups is 1. The van der Waals surface area contributed by atoms with Gasteiger partial charge in [0.25, 0.3) is 0 Å². The van der Waals surface area contributed by atoms with Crippen molar-refractivity contribution in [1.29, 1.82) is 0 Å². The molecule has 168 valence electrons. The topological polar surface area (TPSA) is 68.8 Å². The van der Waals surface area contributed by atoms with E-state index < -0.39 is 7.12 Å². The number of ether oxygens (including phenoxy) is 1. The van der Waals surface area contributed by atoms with Gasteiger partial charge in [0.1, 0.15) is 0 Å². The van der Waals surface area contributed by atoms with E-state index in [-0.39, 0.29) is 29.7 Å². The summed E-state index contributed by atoms with van der Waals surface area (Å²) in [7, 11) is -0.431. The Labute approximate surface area is 185 Å². The zero-order chi connectivity index (χ0) is 21.6. The van der Waals surface area contributed by atoms with Gasteiger partial charge in [0.15, 0.2) is 0 Å². The maximum Gasteiger partial charge on any atom is 0.482 e. The third-order valence-electron chi connectivity index (χ3n) is 8.36. The minimum Gasteiger partial charge on any atom is -0.404 e. The molecule has 7 heteroatoms. The first-order chi connectivity index (χ1) is 14.9. The third-order valence-corrected chi connectivity index (χ3v) is 8.36. The zero-order valence-corrected chi connectivity index (χ0v) is 18.9. The molecule has 5 fully saturated rings. The highest BCUT2D eigenvalue weighted by molar-refractivity contribution is 6.48. The SMILES string of the molecule is CC1(C)[C@@H]2C[C@H]3OB([C@H](Cc4ccccc4)NC(=O)C[C@@H]4CNCCO4)O[C@@]3(C)[C@H]1C2. The lowest BCUT2D eigenvalue weighted by Gasteiger charge is -2.64. The van der Waals surface area contributed by atoms with Crippen LogP contribution in [0.2, 0.25) is 0 Å². The molecule has 0 unspecified atom stereocenters. The van der Waals surface area contributed by atoms with E-state index in [1.807, 2.05) is 18.2 Å². The molecule has 1 aromatic rings. The molecular formula is C24H35BN2O4. The summed E-state index contributed by atoms with van der Waals surface area (Å²) in [4.78, 5) is 12.9. The minimum absolute atomic E-state index is 0.00788. The van der Waals surface area contributed by atoms with Crippen LogP contribution >= 0.6 is 0 Å². The number of hydrogen-bond donors (Lipinski definition) is 2. The van der Waals surface area contributed by atoms with Crippen LogP contribution in [0.5, 0.6) is 0 Å². The molecule has 2 N–H and O–H groups in total. The Bertz CT molecular complexity index is 800. The molecule has 2 bridgehead atoms. The number of hydrogen-bond acceptors (Lipinski definition) is 5. The number of rotatable bonds is 6. The van der Waals surface area contributed by atoms with Gasteiger partial charge in [-0.1, -0.05) is 44.2 Å². The lowest BCUT2D eigenvalue weighted by atomic mass is 9.43. The van der Waals surface area contributed by atoms with Crippen LogP contribution in [0.15, 0.2) is 30.3 Å². The van der Waals surface area contributed by atoms with E-state index in [1.54, 1.807) is 0 Å². The first kappa shape index (κ1) is 21.4. The van der Waals surface area contributed by atoms with Gasteiger partial charge in [-0.2, -0.15) is 0 Å². The first-order valence-corrected chi connectivity index (χ1v) is 11.8. The molecular weight excluding hydrogens is 391 g/mol. The fourth-order valence-corrected chi connectivity index (χ4v) is 6.38. The summed E-state index contributed by atoms with van der Waals surface area (Å²) in [6.45, 7) is 9.17. The van der Waals surface area contributed by atoms with Gasteiger partial charge in [-0.3, -0.25) is 4.79 Å². The van der Waals surface area contributed by atoms with Crippen LogP contribution in [0, 0.1) is 17.3 Å². The van der Waals surface area contributed by atoms with Gasteiger partial charge >= 0.3 is 7.12 Å². The highest BCUT2D eigenvalue weighted by Gasteiger charge is 2.68. The van der Waals surface area contributed by atoms with Crippen LogP contribution in [0.1, 0.15) is 45.6 Å². The standard InChI is InChI=1S/C24H35BN2O4/c1-23(2)17-12-19(23)24(3)20(13-17)30-25(31-24)21(11-16-7-5-4-6-8-16)27-22(28)14-18-15-26-9-10-29-18/h4-8,17-21,26H,9-15H2,1-3H3,(H,27,28)/t17-,18+,19-,20+,21-,24-/m0/s1. The molecule has 6 rings (SSSR count). The summed E-state index contributed by atoms with van der Waals surface area (Å²) in [6.07, 6.45) is 3.33. The average molecular weight is 426 g/mol. The Kier molecular flexibility index (Phi) is 5.66. The van der Waals surface area contributed by atoms with E-state index in [4.69, 9.17) is 14.0 Å². The molecule has 2 saturated heterocycles. The quantitative estimate of drug-likeness (QED) is 0.684. The maximum atomic E-state index is 12.9. The number of benzene rings is 1. The van der Waals surface area contributed by atoms with Gasteiger partial charge < -0.3 is 24.7 Å². The summed E-state index contributed by atoms with van der Waals surface area (Å²) in [5, 5.41) is 6.52. The molecule has 5 aliphatic rings. The van der Waals surface area contributed by atoms with Crippen molar-refractivity contribution in [2.24, 2.45) is 17.3 Å². The molecule has 31 heavy (non-hydrogen) atoms. The Morgan fingerprint density at radius 1 is 1.26 bits per heavy atom. The van der Waals surface area contributed by atoms with Crippen molar-refractivity contribution in [2.45, 2.75) is 70.2 Å². The van der Waals surface area contributed by atoms with E-state index >= 15 is 0 Å². The second-order valence-corrected chi connectivity index (χ2v) is 10.6. The summed E-state index contributed by atoms with van der Waals surface area (Å²) in [5.74, 6) is 0.972. The van der Waals surface area contributed by atoms with Gasteiger partial charge in [-0.25, -0.2) is 0 Å². The molecule has 3 aliphatic carbocycles. The van der Waals surface area contributed by atoms with Gasteiger partial charge in [-0.05, 0) is 49.0 Å². The second-order valence-electron chi connectivity index (χ2n) is 10.6. The van der Waals surface area contributed by atoms with Crippen molar-refractivity contribution in [3.63, 3.8) is 0 Å². The Hall–Kier alpha value is -1.41. The Morgan fingerprint density at radius 3 is 2.77 bits per heavy atom. The maximum absolute atomic E-state index is 12.9. The van der Waals surface area contributed by atoms with E-state index in [0.29, 0.717) is 43.2 Å². The van der Waals surface area contributed by atoms with Crippen molar-refractivity contribution in [1.82, 2.24) is 10.6 Å². The highest BCUT2D eigenvalue weighted by Crippen LogP contribution is 2.65. The zero-order valence-electron chi connectivity index (χ0n) is 18.9. The van der Waals surface area contributed by atoms with Crippen LogP contribution < -0.4 is 10.6 Å². The van der Waals surface area contributed by atoms with Gasteiger partial charge in [-0.15, -0.1) is 0 Å². The van der Waals surface area contributed by atoms with Gasteiger partial charge in [0, 0.05) is 13.1 Å². The predicted molar refractivity (Wildman–Crippen MR) is 119 cm³/mol. The summed E-state index contributed by atoms with van der Waals surface area (Å²) >= 11 is 0.